The predicted molar refractivity (Wildman–Crippen MR) is 193 cm³/mol. The molecule has 0 aliphatic heterocycles. The molecular weight excluding hydrogens is 580 g/mol. The number of hydrogen-bond acceptors (Lipinski definition) is 7. The average Bonchev–Trinajstić information content (AvgIpc) is 3.06. The van der Waals surface area contributed by atoms with Gasteiger partial charge in [0.2, 0.25) is 0 Å². The molecule has 0 spiro atoms. The standard InChI is InChI=1S/C38H78N2O6/c1-3-5-7-9-11-13-15-17-19-21-23-25-29-44-35-37(36-46-38(41)40-28-32-43-34-33-42-31-27-39)45-30-26-24-22-20-18-16-14-12-10-8-6-4-2/h37H,3-36,39H2,1-2H3,(H,40,41)/t37-/m1/s1. The average molecular weight is 659 g/mol. The minimum atomic E-state index is -0.456. The normalized spacial score (nSPS) is 12.1. The quantitative estimate of drug-likeness (QED) is 0.0634. The SMILES string of the molecule is CCCCCCCCCCCCCCOC[C@H](COC(=O)NCCOCCOCCN)OCCCCCCCCCCCCCC. The first-order valence-electron chi connectivity index (χ1n) is 19.7. The van der Waals surface area contributed by atoms with E-state index in [0.717, 1.165) is 19.4 Å². The Hall–Kier alpha value is -0.930. The Kier molecular flexibility index (Phi) is 39.4. The van der Waals surface area contributed by atoms with Gasteiger partial charge in [0, 0.05) is 26.3 Å². The molecule has 276 valence electrons. The first-order chi connectivity index (χ1) is 22.7. The van der Waals surface area contributed by atoms with Gasteiger partial charge in [0.05, 0.1) is 33.0 Å². The van der Waals surface area contributed by atoms with Crippen molar-refractivity contribution in [3.8, 4) is 0 Å². The fraction of sp³-hybridized carbons (Fsp3) is 0.974. The molecule has 0 aliphatic rings. The molecule has 8 nitrogen and oxygen atoms in total. The van der Waals surface area contributed by atoms with Gasteiger partial charge in [-0.3, -0.25) is 0 Å². The molecular formula is C38H78N2O6. The van der Waals surface area contributed by atoms with Crippen LogP contribution in [0.15, 0.2) is 0 Å². The Balaban J connectivity index is 4.03. The molecule has 0 radical (unpaired) electrons. The van der Waals surface area contributed by atoms with Crippen LogP contribution in [0.2, 0.25) is 0 Å². The van der Waals surface area contributed by atoms with Gasteiger partial charge in [-0.15, -0.1) is 0 Å². The molecule has 0 fully saturated rings. The molecule has 0 saturated heterocycles. The van der Waals surface area contributed by atoms with Crippen LogP contribution in [0.5, 0.6) is 0 Å². The summed E-state index contributed by atoms with van der Waals surface area (Å²) in [5.41, 5.74) is 5.39. The van der Waals surface area contributed by atoms with Gasteiger partial charge < -0.3 is 34.7 Å². The van der Waals surface area contributed by atoms with Crippen LogP contribution in [0.4, 0.5) is 4.79 Å². The van der Waals surface area contributed by atoms with Gasteiger partial charge in [-0.1, -0.05) is 155 Å². The van der Waals surface area contributed by atoms with E-state index < -0.39 is 6.09 Å². The topological polar surface area (TPSA) is 101 Å². The summed E-state index contributed by atoms with van der Waals surface area (Å²) < 4.78 is 28.2. The van der Waals surface area contributed by atoms with Crippen molar-refractivity contribution in [3.63, 3.8) is 0 Å². The Bertz CT molecular complexity index is 583. The number of unbranched alkanes of at least 4 members (excludes halogenated alkanes) is 22. The lowest BCUT2D eigenvalue weighted by molar-refractivity contribution is -0.0469. The molecule has 1 amide bonds. The summed E-state index contributed by atoms with van der Waals surface area (Å²) in [6, 6.07) is 0. The van der Waals surface area contributed by atoms with Gasteiger partial charge in [0.25, 0.3) is 0 Å². The number of nitrogens with one attached hydrogen (secondary N) is 1. The molecule has 3 N–H and O–H groups in total. The van der Waals surface area contributed by atoms with E-state index in [9.17, 15) is 4.79 Å². The number of rotatable bonds is 39. The molecule has 0 aromatic heterocycles. The van der Waals surface area contributed by atoms with Crippen LogP contribution in [-0.4, -0.2) is 78.1 Å². The van der Waals surface area contributed by atoms with Gasteiger partial charge in [0.15, 0.2) is 0 Å². The minimum Gasteiger partial charge on any atom is -0.447 e. The lowest BCUT2D eigenvalue weighted by Crippen LogP contribution is -2.33. The van der Waals surface area contributed by atoms with Gasteiger partial charge >= 0.3 is 6.09 Å². The first kappa shape index (κ1) is 45.1. The molecule has 0 unspecified atom stereocenters. The number of ether oxygens (including phenoxy) is 5. The van der Waals surface area contributed by atoms with Crippen LogP contribution in [0.3, 0.4) is 0 Å². The van der Waals surface area contributed by atoms with Gasteiger partial charge in [0.1, 0.15) is 12.7 Å². The molecule has 8 heteroatoms. The third-order valence-corrected chi connectivity index (χ3v) is 8.35. The van der Waals surface area contributed by atoms with Gasteiger partial charge in [-0.25, -0.2) is 4.79 Å². The van der Waals surface area contributed by atoms with Crippen LogP contribution in [0.25, 0.3) is 0 Å². The van der Waals surface area contributed by atoms with E-state index in [2.05, 4.69) is 19.2 Å². The number of carbonyl (C=O) groups excluding carboxylic acids is 1. The smallest absolute Gasteiger partial charge is 0.407 e. The Morgan fingerprint density at radius 1 is 0.500 bits per heavy atom. The van der Waals surface area contributed by atoms with Gasteiger partial charge in [-0.05, 0) is 12.8 Å². The van der Waals surface area contributed by atoms with Crippen LogP contribution in [0, 0.1) is 0 Å². The zero-order valence-electron chi connectivity index (χ0n) is 30.6. The monoisotopic (exact) mass is 659 g/mol. The second-order valence-corrected chi connectivity index (χ2v) is 12.9. The summed E-state index contributed by atoms with van der Waals surface area (Å²) in [4.78, 5) is 12.2. The largest absolute Gasteiger partial charge is 0.447 e. The van der Waals surface area contributed by atoms with E-state index in [-0.39, 0.29) is 12.7 Å². The van der Waals surface area contributed by atoms with E-state index in [1.165, 1.54) is 141 Å². The lowest BCUT2D eigenvalue weighted by Gasteiger charge is -2.18. The van der Waals surface area contributed by atoms with Crippen molar-refractivity contribution in [1.29, 1.82) is 0 Å². The highest BCUT2D eigenvalue weighted by molar-refractivity contribution is 5.67. The molecule has 0 heterocycles. The predicted octanol–water partition coefficient (Wildman–Crippen LogP) is 9.51. The molecule has 0 aromatic carbocycles. The highest BCUT2D eigenvalue weighted by Gasteiger charge is 2.13. The maximum absolute atomic E-state index is 12.2. The summed E-state index contributed by atoms with van der Waals surface area (Å²) in [7, 11) is 0. The molecule has 0 saturated carbocycles. The van der Waals surface area contributed by atoms with Crippen LogP contribution < -0.4 is 11.1 Å². The zero-order chi connectivity index (χ0) is 33.4. The van der Waals surface area contributed by atoms with Crippen molar-refractivity contribution in [2.24, 2.45) is 5.73 Å². The summed E-state index contributed by atoms with van der Waals surface area (Å²) in [5.74, 6) is 0. The Labute approximate surface area is 285 Å². The third kappa shape index (κ3) is 37.5. The molecule has 0 rings (SSSR count). The molecule has 1 atom stereocenters. The van der Waals surface area contributed by atoms with E-state index in [1.54, 1.807) is 0 Å². The summed E-state index contributed by atoms with van der Waals surface area (Å²) in [6.07, 6.45) is 31.1. The zero-order valence-corrected chi connectivity index (χ0v) is 30.6. The van der Waals surface area contributed by atoms with Crippen molar-refractivity contribution in [2.45, 2.75) is 174 Å². The Morgan fingerprint density at radius 3 is 1.41 bits per heavy atom. The Morgan fingerprint density at radius 2 is 0.935 bits per heavy atom. The van der Waals surface area contributed by atoms with E-state index in [1.807, 2.05) is 0 Å². The van der Waals surface area contributed by atoms with E-state index in [4.69, 9.17) is 29.4 Å². The fourth-order valence-corrected chi connectivity index (χ4v) is 5.45. The fourth-order valence-electron chi connectivity index (χ4n) is 5.45. The van der Waals surface area contributed by atoms with Crippen molar-refractivity contribution < 1.29 is 28.5 Å². The second-order valence-electron chi connectivity index (χ2n) is 12.9. The maximum atomic E-state index is 12.2. The van der Waals surface area contributed by atoms with Crippen molar-refractivity contribution in [3.05, 3.63) is 0 Å². The van der Waals surface area contributed by atoms with E-state index in [0.29, 0.717) is 52.7 Å². The molecule has 0 aliphatic carbocycles. The molecule has 0 bridgehead atoms. The first-order valence-corrected chi connectivity index (χ1v) is 19.7. The third-order valence-electron chi connectivity index (χ3n) is 8.35. The number of alkyl carbamates (subject to hydrolysis) is 1. The molecule has 46 heavy (non-hydrogen) atoms. The highest BCUT2D eigenvalue weighted by atomic mass is 16.6. The summed E-state index contributed by atoms with van der Waals surface area (Å²) in [6.45, 7) is 9.39. The van der Waals surface area contributed by atoms with E-state index >= 15 is 0 Å². The number of carbonyl (C=O) groups is 1. The van der Waals surface area contributed by atoms with Gasteiger partial charge in [-0.2, -0.15) is 0 Å². The van der Waals surface area contributed by atoms with Crippen LogP contribution in [0.1, 0.15) is 168 Å². The lowest BCUT2D eigenvalue weighted by atomic mass is 10.1. The number of nitrogens with two attached hydrogens (primary N) is 1. The van der Waals surface area contributed by atoms with Crippen molar-refractivity contribution in [2.75, 3.05) is 65.9 Å². The van der Waals surface area contributed by atoms with Crippen LogP contribution >= 0.6 is 0 Å². The number of amides is 1. The van der Waals surface area contributed by atoms with Crippen LogP contribution in [-0.2, 0) is 23.7 Å². The second kappa shape index (κ2) is 40.2. The highest BCUT2D eigenvalue weighted by Crippen LogP contribution is 2.13. The molecule has 0 aromatic rings. The number of hydrogen-bond donors (Lipinski definition) is 2. The maximum Gasteiger partial charge on any atom is 0.407 e. The summed E-state index contributed by atoms with van der Waals surface area (Å²) in [5, 5.41) is 2.73. The minimum absolute atomic E-state index is 0.191. The van der Waals surface area contributed by atoms with Crippen molar-refractivity contribution in [1.82, 2.24) is 5.32 Å². The van der Waals surface area contributed by atoms with Crippen molar-refractivity contribution >= 4 is 6.09 Å². The summed E-state index contributed by atoms with van der Waals surface area (Å²) >= 11 is 0.